The maximum Gasteiger partial charge on any atom is 0.359 e. The van der Waals surface area contributed by atoms with Crippen LogP contribution in [0.3, 0.4) is 0 Å². The lowest BCUT2D eigenvalue weighted by atomic mass is 10.1. The molecule has 1 amide bonds. The summed E-state index contributed by atoms with van der Waals surface area (Å²) in [7, 11) is -3.74. The average molecular weight is 549 g/mol. The summed E-state index contributed by atoms with van der Waals surface area (Å²) in [5.41, 5.74) is 0.729. The molecule has 1 aromatic heterocycles. The molecule has 0 saturated carbocycles. The summed E-state index contributed by atoms with van der Waals surface area (Å²) in [4.78, 5) is 38.7. The summed E-state index contributed by atoms with van der Waals surface area (Å²) in [5.74, 6) is -1.56. The van der Waals surface area contributed by atoms with Crippen molar-refractivity contribution in [1.82, 2.24) is 14.1 Å². The first-order valence-corrected chi connectivity index (χ1v) is 13.8. The van der Waals surface area contributed by atoms with Crippen molar-refractivity contribution in [2.75, 3.05) is 25.0 Å². The van der Waals surface area contributed by atoms with Crippen molar-refractivity contribution in [3.05, 3.63) is 94.4 Å². The summed E-state index contributed by atoms with van der Waals surface area (Å²) in [6.07, 6.45) is 0. The van der Waals surface area contributed by atoms with Gasteiger partial charge in [0.25, 0.3) is 11.5 Å². The minimum absolute atomic E-state index is 0.0832. The van der Waals surface area contributed by atoms with Gasteiger partial charge in [-0.3, -0.25) is 9.59 Å². The Balaban J connectivity index is 1.55. The van der Waals surface area contributed by atoms with Crippen molar-refractivity contribution in [2.45, 2.75) is 25.7 Å². The van der Waals surface area contributed by atoms with Gasteiger partial charge in [0, 0.05) is 24.2 Å². The smallest absolute Gasteiger partial charge is 0.359 e. The van der Waals surface area contributed by atoms with E-state index in [1.807, 2.05) is 0 Å². The van der Waals surface area contributed by atoms with Gasteiger partial charge in [0.15, 0.2) is 12.3 Å². The molecule has 1 heterocycles. The topological polar surface area (TPSA) is 128 Å². The molecule has 1 N–H and O–H groups in total. The number of hydrogen-bond donors (Lipinski definition) is 1. The van der Waals surface area contributed by atoms with Crippen LogP contribution in [0.1, 0.15) is 29.9 Å². The first kappa shape index (κ1) is 27.7. The first-order valence-electron chi connectivity index (χ1n) is 12.3. The van der Waals surface area contributed by atoms with E-state index in [0.29, 0.717) is 29.7 Å². The number of amides is 1. The van der Waals surface area contributed by atoms with Gasteiger partial charge in [-0.05, 0) is 42.8 Å². The number of hydrogen-bond acceptors (Lipinski definition) is 7. The molecule has 0 unspecified atom stereocenters. The number of carbonyl (C=O) groups excluding carboxylic acids is 2. The predicted octanol–water partition coefficient (Wildman–Crippen LogP) is 3.52. The highest BCUT2D eigenvalue weighted by molar-refractivity contribution is 7.89. The number of aromatic nitrogens is 2. The third-order valence-electron chi connectivity index (χ3n) is 6.13. The maximum atomic E-state index is 13.0. The van der Waals surface area contributed by atoms with Crippen molar-refractivity contribution < 1.29 is 22.7 Å². The van der Waals surface area contributed by atoms with E-state index in [1.54, 1.807) is 87.5 Å². The predicted molar refractivity (Wildman–Crippen MR) is 148 cm³/mol. The zero-order chi connectivity index (χ0) is 28.2. The highest BCUT2D eigenvalue weighted by Gasteiger charge is 2.24. The Kier molecular flexibility index (Phi) is 8.22. The van der Waals surface area contributed by atoms with E-state index in [1.165, 1.54) is 10.4 Å². The number of para-hydroxylation sites is 1. The second kappa shape index (κ2) is 11.6. The Labute approximate surface area is 225 Å². The largest absolute Gasteiger partial charge is 0.451 e. The molecular formula is C28H28N4O6S. The summed E-state index contributed by atoms with van der Waals surface area (Å²) in [6, 6.07) is 19.7. The summed E-state index contributed by atoms with van der Waals surface area (Å²) >= 11 is 0. The van der Waals surface area contributed by atoms with Crippen molar-refractivity contribution in [3.63, 3.8) is 0 Å². The standard InChI is InChI=1S/C28H28N4O6S/c1-4-31(5-2)39(36,37)24-17-20(16-15-19(24)3)29-25(33)18-38-28(35)26-22-13-9-10-14-23(22)27(34)32(30-26)21-11-7-6-8-12-21/h6-17H,4-5,18H2,1-3H3,(H,29,33). The SMILES string of the molecule is CCN(CC)S(=O)(=O)c1cc(NC(=O)COC(=O)c2nn(-c3ccccc3)c(=O)c3ccccc23)ccc1C. The number of fused-ring (bicyclic) bond motifs is 1. The number of nitrogens with zero attached hydrogens (tertiary/aromatic N) is 3. The van der Waals surface area contributed by atoms with Crippen LogP contribution in [0.2, 0.25) is 0 Å². The van der Waals surface area contributed by atoms with Crippen LogP contribution in [-0.2, 0) is 19.6 Å². The number of ether oxygens (including phenoxy) is 1. The van der Waals surface area contributed by atoms with E-state index < -0.39 is 34.1 Å². The number of rotatable bonds is 9. The van der Waals surface area contributed by atoms with Gasteiger partial charge in [0.05, 0.1) is 16.0 Å². The molecule has 11 heteroatoms. The number of sulfonamides is 1. The monoisotopic (exact) mass is 548 g/mol. The van der Waals surface area contributed by atoms with Gasteiger partial charge in [-0.2, -0.15) is 14.1 Å². The third kappa shape index (κ3) is 5.74. The molecule has 0 bridgehead atoms. The zero-order valence-electron chi connectivity index (χ0n) is 21.7. The van der Waals surface area contributed by atoms with Gasteiger partial charge in [-0.15, -0.1) is 0 Å². The molecule has 39 heavy (non-hydrogen) atoms. The molecule has 0 spiro atoms. The molecule has 4 aromatic rings. The van der Waals surface area contributed by atoms with E-state index in [2.05, 4.69) is 10.4 Å². The Morgan fingerprint density at radius 2 is 1.59 bits per heavy atom. The second-order valence-corrected chi connectivity index (χ2v) is 10.5. The van der Waals surface area contributed by atoms with Crippen molar-refractivity contribution >= 4 is 38.4 Å². The zero-order valence-corrected chi connectivity index (χ0v) is 22.6. The molecule has 3 aromatic carbocycles. The van der Waals surface area contributed by atoms with Crippen molar-refractivity contribution in [2.24, 2.45) is 0 Å². The molecule has 0 aliphatic rings. The van der Waals surface area contributed by atoms with E-state index >= 15 is 0 Å². The molecule has 0 radical (unpaired) electrons. The lowest BCUT2D eigenvalue weighted by Crippen LogP contribution is -2.31. The lowest BCUT2D eigenvalue weighted by molar-refractivity contribution is -0.119. The quantitative estimate of drug-likeness (QED) is 0.317. The van der Waals surface area contributed by atoms with Crippen LogP contribution in [0.5, 0.6) is 0 Å². The van der Waals surface area contributed by atoms with E-state index in [4.69, 9.17) is 4.74 Å². The van der Waals surface area contributed by atoms with Crippen LogP contribution in [0, 0.1) is 6.92 Å². The Hall–Kier alpha value is -4.35. The number of anilines is 1. The Morgan fingerprint density at radius 1 is 0.949 bits per heavy atom. The molecule has 0 saturated heterocycles. The van der Waals surface area contributed by atoms with Crippen molar-refractivity contribution in [1.29, 1.82) is 0 Å². The number of aryl methyl sites for hydroxylation is 1. The fourth-order valence-corrected chi connectivity index (χ4v) is 5.85. The first-order chi connectivity index (χ1) is 18.7. The van der Waals surface area contributed by atoms with Gasteiger partial charge in [-0.1, -0.05) is 56.3 Å². The van der Waals surface area contributed by atoms with Crippen LogP contribution < -0.4 is 10.9 Å². The fraction of sp³-hybridized carbons (Fsp3) is 0.214. The number of benzene rings is 3. The molecule has 0 aliphatic heterocycles. The maximum absolute atomic E-state index is 13.0. The van der Waals surface area contributed by atoms with Gasteiger partial charge in [-0.25, -0.2) is 13.2 Å². The van der Waals surface area contributed by atoms with Gasteiger partial charge >= 0.3 is 5.97 Å². The van der Waals surface area contributed by atoms with Gasteiger partial charge in [0.1, 0.15) is 0 Å². The Morgan fingerprint density at radius 3 is 2.26 bits per heavy atom. The van der Waals surface area contributed by atoms with Gasteiger partial charge in [0.2, 0.25) is 10.0 Å². The van der Waals surface area contributed by atoms with E-state index in [9.17, 15) is 22.8 Å². The number of carbonyl (C=O) groups is 2. The lowest BCUT2D eigenvalue weighted by Gasteiger charge is -2.20. The summed E-state index contributed by atoms with van der Waals surface area (Å²) < 4.78 is 33.7. The van der Waals surface area contributed by atoms with E-state index in [-0.39, 0.29) is 21.7 Å². The highest BCUT2D eigenvalue weighted by Crippen LogP contribution is 2.24. The van der Waals surface area contributed by atoms with Crippen LogP contribution in [0.15, 0.2) is 82.5 Å². The molecule has 202 valence electrons. The summed E-state index contributed by atoms with van der Waals surface area (Å²) in [6.45, 7) is 5.15. The van der Waals surface area contributed by atoms with Crippen LogP contribution in [0.25, 0.3) is 16.5 Å². The molecule has 10 nitrogen and oxygen atoms in total. The minimum Gasteiger partial charge on any atom is -0.451 e. The normalized spacial score (nSPS) is 11.5. The van der Waals surface area contributed by atoms with Crippen LogP contribution in [-0.4, -0.2) is 54.1 Å². The highest BCUT2D eigenvalue weighted by atomic mass is 32.2. The molecule has 4 rings (SSSR count). The van der Waals surface area contributed by atoms with Crippen molar-refractivity contribution in [3.8, 4) is 5.69 Å². The van der Waals surface area contributed by atoms with Gasteiger partial charge < -0.3 is 10.1 Å². The van der Waals surface area contributed by atoms with Crippen LogP contribution in [0.4, 0.5) is 5.69 Å². The Bertz CT molecular complexity index is 1700. The number of esters is 1. The van der Waals surface area contributed by atoms with Crippen LogP contribution >= 0.6 is 0 Å². The number of nitrogens with one attached hydrogen (secondary N) is 1. The molecular weight excluding hydrogens is 520 g/mol. The average Bonchev–Trinajstić information content (AvgIpc) is 2.94. The minimum atomic E-state index is -3.74. The van der Waals surface area contributed by atoms with E-state index in [0.717, 1.165) is 4.68 Å². The molecule has 0 aliphatic carbocycles. The fourth-order valence-electron chi connectivity index (χ4n) is 4.14. The molecule has 0 fully saturated rings. The summed E-state index contributed by atoms with van der Waals surface area (Å²) in [5, 5.41) is 7.38. The third-order valence-corrected chi connectivity index (χ3v) is 8.32. The second-order valence-electron chi connectivity index (χ2n) is 8.64. The molecule has 0 atom stereocenters.